The minimum absolute atomic E-state index is 0.412. The Balaban J connectivity index is 1.95. The molecule has 0 amide bonds. The summed E-state index contributed by atoms with van der Waals surface area (Å²) >= 11 is 0. The van der Waals surface area contributed by atoms with Gasteiger partial charge in [0.25, 0.3) is 0 Å². The molecule has 4 heteroatoms. The third-order valence-corrected chi connectivity index (χ3v) is 2.68. The lowest BCUT2D eigenvalue weighted by Gasteiger charge is -1.93. The average molecular weight is 238 g/mol. The van der Waals surface area contributed by atoms with Gasteiger partial charge in [-0.3, -0.25) is 4.63 Å². The Hall–Kier alpha value is -2.62. The fourth-order valence-electron chi connectivity index (χ4n) is 1.75. The molecule has 0 N–H and O–H groups in total. The quantitative estimate of drug-likeness (QED) is 0.509. The lowest BCUT2D eigenvalue weighted by atomic mass is 10.1. The predicted octanol–water partition coefficient (Wildman–Crippen LogP) is 2.63. The van der Waals surface area contributed by atoms with E-state index in [2.05, 4.69) is 9.79 Å². The van der Waals surface area contributed by atoms with E-state index in [0.717, 1.165) is 11.1 Å². The highest BCUT2D eigenvalue weighted by atomic mass is 16.8. The molecular weight excluding hydrogens is 228 g/mol. The summed E-state index contributed by atoms with van der Waals surface area (Å²) < 4.78 is 4.52. The maximum absolute atomic E-state index is 11.3. The van der Waals surface area contributed by atoms with Crippen LogP contribution in [0, 0.1) is 5.21 Å². The number of nitrogens with zero attached hydrogens (tertiary/aromatic N) is 2. The van der Waals surface area contributed by atoms with Crippen molar-refractivity contribution < 1.29 is 9.53 Å². The van der Waals surface area contributed by atoms with Crippen LogP contribution in [0.3, 0.4) is 0 Å². The number of hydrogen-bond donors (Lipinski definition) is 0. The van der Waals surface area contributed by atoms with Gasteiger partial charge in [0.15, 0.2) is 0 Å². The second-order valence-corrected chi connectivity index (χ2v) is 3.92. The monoisotopic (exact) mass is 238 g/mol. The Kier molecular flexibility index (Phi) is 2.53. The largest absolute Gasteiger partial charge is 0.359 e. The van der Waals surface area contributed by atoms with Crippen molar-refractivity contribution in [3.63, 3.8) is 0 Å². The van der Waals surface area contributed by atoms with Crippen molar-refractivity contribution in [3.05, 3.63) is 64.9 Å². The molecule has 0 atom stereocenters. The molecule has 3 rings (SSSR count). The van der Waals surface area contributed by atoms with Gasteiger partial charge in [-0.1, -0.05) is 48.6 Å². The third kappa shape index (κ3) is 1.96. The maximum Gasteiger partial charge on any atom is 0.248 e. The summed E-state index contributed by atoms with van der Waals surface area (Å²) in [5.74, 6) is 0. The standard InChI is InChI=1S/C14H10N2O2/c17-16-14-10-12(8-9-13(14)15-18-16)7-6-11-4-2-1-3-5-11/h1-10H/b7-6-. The van der Waals surface area contributed by atoms with Crippen molar-refractivity contribution in [3.8, 4) is 0 Å². The van der Waals surface area contributed by atoms with E-state index in [1.807, 2.05) is 48.6 Å². The second kappa shape index (κ2) is 4.33. The number of aromatic nitrogens is 2. The molecule has 4 nitrogen and oxygen atoms in total. The first-order chi connectivity index (χ1) is 8.83. The minimum Gasteiger partial charge on any atom is -0.359 e. The Morgan fingerprint density at radius 1 is 1.00 bits per heavy atom. The topological polar surface area (TPSA) is 53.0 Å². The van der Waals surface area contributed by atoms with Gasteiger partial charge in [-0.05, 0) is 22.1 Å². The molecule has 0 spiro atoms. The molecule has 0 fully saturated rings. The predicted molar refractivity (Wildman–Crippen MR) is 68.3 cm³/mol. The zero-order chi connectivity index (χ0) is 12.4. The SMILES string of the molecule is [O-][n+]1onc2ccc(/C=C\c3ccccc3)cc21. The Labute approximate surface area is 103 Å². The summed E-state index contributed by atoms with van der Waals surface area (Å²) in [7, 11) is 0. The molecule has 0 aliphatic rings. The van der Waals surface area contributed by atoms with Gasteiger partial charge in [0.1, 0.15) is 0 Å². The van der Waals surface area contributed by atoms with Crippen molar-refractivity contribution >= 4 is 23.2 Å². The lowest BCUT2D eigenvalue weighted by molar-refractivity contribution is -0.782. The second-order valence-electron chi connectivity index (χ2n) is 3.92. The molecule has 0 aliphatic carbocycles. The van der Waals surface area contributed by atoms with Crippen LogP contribution in [-0.4, -0.2) is 5.16 Å². The molecule has 0 unspecified atom stereocenters. The summed E-state index contributed by atoms with van der Waals surface area (Å²) in [6, 6.07) is 15.4. The number of fused-ring (bicyclic) bond motifs is 1. The van der Waals surface area contributed by atoms with Gasteiger partial charge in [0.2, 0.25) is 11.0 Å². The first kappa shape index (κ1) is 10.5. The fraction of sp³-hybridized carbons (Fsp3) is 0. The van der Waals surface area contributed by atoms with E-state index in [1.54, 1.807) is 12.1 Å². The van der Waals surface area contributed by atoms with Crippen LogP contribution < -0.4 is 4.90 Å². The van der Waals surface area contributed by atoms with Crippen LogP contribution in [0.15, 0.2) is 53.2 Å². The van der Waals surface area contributed by atoms with Crippen molar-refractivity contribution in [2.24, 2.45) is 0 Å². The van der Waals surface area contributed by atoms with Gasteiger partial charge in [-0.2, -0.15) is 0 Å². The van der Waals surface area contributed by atoms with Gasteiger partial charge < -0.3 is 5.21 Å². The molecule has 0 bridgehead atoms. The zero-order valence-electron chi connectivity index (χ0n) is 9.48. The van der Waals surface area contributed by atoms with Crippen LogP contribution in [0.2, 0.25) is 0 Å². The maximum atomic E-state index is 11.3. The smallest absolute Gasteiger partial charge is 0.248 e. The van der Waals surface area contributed by atoms with Crippen molar-refractivity contribution in [1.29, 1.82) is 0 Å². The fourth-order valence-corrected chi connectivity index (χ4v) is 1.75. The van der Waals surface area contributed by atoms with Gasteiger partial charge in [0, 0.05) is 11.2 Å². The molecule has 0 aliphatic heterocycles. The Bertz CT molecular complexity index is 702. The van der Waals surface area contributed by atoms with E-state index in [0.29, 0.717) is 15.9 Å². The summed E-state index contributed by atoms with van der Waals surface area (Å²) in [6.07, 6.45) is 3.94. The van der Waals surface area contributed by atoms with E-state index < -0.39 is 0 Å². The molecular formula is C14H10N2O2. The molecule has 1 heterocycles. The van der Waals surface area contributed by atoms with E-state index in [4.69, 9.17) is 0 Å². The molecule has 0 saturated carbocycles. The van der Waals surface area contributed by atoms with Crippen molar-refractivity contribution in [2.45, 2.75) is 0 Å². The zero-order valence-corrected chi connectivity index (χ0v) is 9.48. The average Bonchev–Trinajstić information content (AvgIpc) is 2.79. The first-order valence-electron chi connectivity index (χ1n) is 5.55. The van der Waals surface area contributed by atoms with Crippen LogP contribution in [0.1, 0.15) is 11.1 Å². The van der Waals surface area contributed by atoms with Gasteiger partial charge in [-0.15, -0.1) is 0 Å². The molecule has 2 aromatic carbocycles. The molecule has 3 aromatic rings. The summed E-state index contributed by atoms with van der Waals surface area (Å²) in [4.78, 5) is 0.412. The summed E-state index contributed by atoms with van der Waals surface area (Å²) in [5.41, 5.74) is 3.03. The molecule has 0 saturated heterocycles. The van der Waals surface area contributed by atoms with Gasteiger partial charge >= 0.3 is 0 Å². The Morgan fingerprint density at radius 2 is 1.78 bits per heavy atom. The summed E-state index contributed by atoms with van der Waals surface area (Å²) in [6.45, 7) is 0. The first-order valence-corrected chi connectivity index (χ1v) is 5.55. The number of hydrogen-bond acceptors (Lipinski definition) is 3. The number of rotatable bonds is 2. The highest BCUT2D eigenvalue weighted by Crippen LogP contribution is 2.13. The highest BCUT2D eigenvalue weighted by Gasteiger charge is 2.07. The van der Waals surface area contributed by atoms with E-state index in [-0.39, 0.29) is 0 Å². The van der Waals surface area contributed by atoms with Crippen molar-refractivity contribution in [1.82, 2.24) is 5.16 Å². The van der Waals surface area contributed by atoms with E-state index >= 15 is 0 Å². The normalized spacial score (nSPS) is 11.3. The van der Waals surface area contributed by atoms with Crippen LogP contribution in [0.4, 0.5) is 0 Å². The van der Waals surface area contributed by atoms with Crippen LogP contribution in [-0.2, 0) is 0 Å². The van der Waals surface area contributed by atoms with Crippen molar-refractivity contribution in [2.75, 3.05) is 0 Å². The Morgan fingerprint density at radius 3 is 2.61 bits per heavy atom. The van der Waals surface area contributed by atoms with Gasteiger partial charge in [-0.25, -0.2) is 0 Å². The molecule has 1 aromatic heterocycles. The molecule has 0 radical (unpaired) electrons. The number of benzene rings is 2. The van der Waals surface area contributed by atoms with E-state index in [1.165, 1.54) is 0 Å². The van der Waals surface area contributed by atoms with Crippen LogP contribution in [0.5, 0.6) is 0 Å². The van der Waals surface area contributed by atoms with Crippen LogP contribution >= 0.6 is 0 Å². The van der Waals surface area contributed by atoms with Crippen LogP contribution in [0.25, 0.3) is 23.2 Å². The van der Waals surface area contributed by atoms with E-state index in [9.17, 15) is 5.21 Å². The lowest BCUT2D eigenvalue weighted by Crippen LogP contribution is -2.22. The van der Waals surface area contributed by atoms with Gasteiger partial charge in [0.05, 0.1) is 0 Å². The molecule has 88 valence electrons. The minimum atomic E-state index is 0.412. The molecule has 18 heavy (non-hydrogen) atoms. The summed E-state index contributed by atoms with van der Waals surface area (Å²) in [5, 5.41) is 14.9. The third-order valence-electron chi connectivity index (χ3n) is 2.68. The highest BCUT2D eigenvalue weighted by molar-refractivity contribution is 5.77.